The molecule has 1 rings (SSSR count). The second-order valence-electron chi connectivity index (χ2n) is 3.99. The minimum atomic E-state index is -0.917. The smallest absolute Gasteiger partial charge is 0.329 e. The first kappa shape index (κ1) is 11.5. The zero-order valence-electron chi connectivity index (χ0n) is 8.32. The molecule has 0 heterocycles. The summed E-state index contributed by atoms with van der Waals surface area (Å²) in [6, 6.07) is 0. The van der Waals surface area contributed by atoms with E-state index in [9.17, 15) is 4.79 Å². The van der Waals surface area contributed by atoms with Crippen LogP contribution in [0.25, 0.3) is 0 Å². The van der Waals surface area contributed by atoms with Crippen molar-refractivity contribution in [3.05, 3.63) is 0 Å². The van der Waals surface area contributed by atoms with Gasteiger partial charge in [-0.1, -0.05) is 6.42 Å². The van der Waals surface area contributed by atoms with Crippen LogP contribution in [0.2, 0.25) is 0 Å². The Morgan fingerprint density at radius 2 is 2.07 bits per heavy atom. The van der Waals surface area contributed by atoms with E-state index in [1.165, 1.54) is 0 Å². The number of hydrogen-bond acceptors (Lipinski definition) is 3. The van der Waals surface area contributed by atoms with Gasteiger partial charge in [-0.3, -0.25) is 0 Å². The quantitative estimate of drug-likeness (QED) is 0.694. The van der Waals surface area contributed by atoms with Gasteiger partial charge < -0.3 is 14.9 Å². The van der Waals surface area contributed by atoms with Crippen LogP contribution in [0, 0.1) is 11.8 Å². The zero-order chi connectivity index (χ0) is 10.4. The lowest BCUT2D eigenvalue weighted by molar-refractivity contribution is -0.142. The third-order valence-electron chi connectivity index (χ3n) is 2.73. The molecule has 0 aliphatic heterocycles. The standard InChI is InChI=1S/C10H18O4/c11-5-8-2-1-3-9(4-8)6-14-7-10(12)13/h8-9,11H,1-7H2,(H,12,13)/t8-,9+/m1/s1. The predicted octanol–water partition coefficient (Wildman–Crippen LogP) is 0.886. The Morgan fingerprint density at radius 3 is 2.71 bits per heavy atom. The molecule has 1 aliphatic rings. The van der Waals surface area contributed by atoms with Crippen LogP contribution >= 0.6 is 0 Å². The van der Waals surface area contributed by atoms with E-state index in [2.05, 4.69) is 0 Å². The largest absolute Gasteiger partial charge is 0.480 e. The Morgan fingerprint density at radius 1 is 1.36 bits per heavy atom. The van der Waals surface area contributed by atoms with Crippen LogP contribution in [0.3, 0.4) is 0 Å². The van der Waals surface area contributed by atoms with Crippen LogP contribution in [0.1, 0.15) is 25.7 Å². The second-order valence-corrected chi connectivity index (χ2v) is 3.99. The zero-order valence-corrected chi connectivity index (χ0v) is 8.32. The molecule has 4 nitrogen and oxygen atoms in total. The van der Waals surface area contributed by atoms with Crippen LogP contribution < -0.4 is 0 Å². The van der Waals surface area contributed by atoms with Gasteiger partial charge in [0.1, 0.15) is 6.61 Å². The molecule has 4 heteroatoms. The number of carboxylic acids is 1. The second kappa shape index (κ2) is 5.98. The molecule has 0 aromatic carbocycles. The summed E-state index contributed by atoms with van der Waals surface area (Å²) < 4.78 is 5.05. The molecule has 0 amide bonds. The maximum Gasteiger partial charge on any atom is 0.329 e. The number of aliphatic carboxylic acids is 1. The first-order chi connectivity index (χ1) is 6.72. The van der Waals surface area contributed by atoms with Crippen molar-refractivity contribution in [2.75, 3.05) is 19.8 Å². The minimum Gasteiger partial charge on any atom is -0.480 e. The Hall–Kier alpha value is -0.610. The van der Waals surface area contributed by atoms with Crippen molar-refractivity contribution in [3.8, 4) is 0 Å². The number of carboxylic acid groups (broad SMARTS) is 1. The highest BCUT2D eigenvalue weighted by atomic mass is 16.5. The molecule has 2 atom stereocenters. The minimum absolute atomic E-state index is 0.208. The van der Waals surface area contributed by atoms with Crippen LogP contribution in [-0.2, 0) is 9.53 Å². The van der Waals surface area contributed by atoms with Crippen molar-refractivity contribution < 1.29 is 19.7 Å². The van der Waals surface area contributed by atoms with Gasteiger partial charge in [-0.05, 0) is 31.1 Å². The lowest BCUT2D eigenvalue weighted by atomic mass is 9.82. The maximum absolute atomic E-state index is 10.2. The average Bonchev–Trinajstić information content (AvgIpc) is 2.18. The highest BCUT2D eigenvalue weighted by Gasteiger charge is 2.21. The predicted molar refractivity (Wildman–Crippen MR) is 51.0 cm³/mol. The normalized spacial score (nSPS) is 27.5. The lowest BCUT2D eigenvalue weighted by Gasteiger charge is -2.27. The summed E-state index contributed by atoms with van der Waals surface area (Å²) in [7, 11) is 0. The van der Waals surface area contributed by atoms with Crippen LogP contribution in [-0.4, -0.2) is 36.0 Å². The summed E-state index contributed by atoms with van der Waals surface area (Å²) in [5, 5.41) is 17.4. The van der Waals surface area contributed by atoms with E-state index < -0.39 is 5.97 Å². The fourth-order valence-corrected chi connectivity index (χ4v) is 2.03. The van der Waals surface area contributed by atoms with E-state index in [1.54, 1.807) is 0 Å². The number of hydrogen-bond donors (Lipinski definition) is 2. The van der Waals surface area contributed by atoms with Gasteiger partial charge in [0.05, 0.1) is 6.61 Å². The van der Waals surface area contributed by atoms with Crippen LogP contribution in [0.5, 0.6) is 0 Å². The molecule has 0 unspecified atom stereocenters. The molecule has 2 N–H and O–H groups in total. The molecule has 1 aliphatic carbocycles. The van der Waals surface area contributed by atoms with E-state index >= 15 is 0 Å². The Balaban J connectivity index is 2.14. The Bertz CT molecular complexity index is 181. The SMILES string of the molecule is O=C(O)COC[C@H]1CCC[C@@H](CO)C1. The van der Waals surface area contributed by atoms with Gasteiger partial charge in [-0.2, -0.15) is 0 Å². The summed E-state index contributed by atoms with van der Waals surface area (Å²) in [4.78, 5) is 10.2. The summed E-state index contributed by atoms with van der Waals surface area (Å²) in [6.07, 6.45) is 4.27. The molecule has 0 saturated heterocycles. The first-order valence-corrected chi connectivity index (χ1v) is 5.12. The summed E-state index contributed by atoms with van der Waals surface area (Å²) in [5.74, 6) is -0.0954. The average molecular weight is 202 g/mol. The van der Waals surface area contributed by atoms with Crippen molar-refractivity contribution in [2.24, 2.45) is 11.8 Å². The van der Waals surface area contributed by atoms with E-state index in [-0.39, 0.29) is 13.2 Å². The van der Waals surface area contributed by atoms with E-state index in [4.69, 9.17) is 14.9 Å². The van der Waals surface area contributed by atoms with Crippen molar-refractivity contribution >= 4 is 5.97 Å². The molecular formula is C10H18O4. The van der Waals surface area contributed by atoms with Gasteiger partial charge in [-0.25, -0.2) is 4.79 Å². The molecule has 82 valence electrons. The van der Waals surface area contributed by atoms with E-state index in [1.807, 2.05) is 0 Å². The van der Waals surface area contributed by atoms with Gasteiger partial charge in [-0.15, -0.1) is 0 Å². The molecule has 1 fully saturated rings. The third-order valence-corrected chi connectivity index (χ3v) is 2.73. The van der Waals surface area contributed by atoms with E-state index in [0.717, 1.165) is 25.7 Å². The van der Waals surface area contributed by atoms with Crippen LogP contribution in [0.4, 0.5) is 0 Å². The summed E-state index contributed by atoms with van der Waals surface area (Å²) in [6.45, 7) is 0.554. The van der Waals surface area contributed by atoms with Crippen molar-refractivity contribution in [1.82, 2.24) is 0 Å². The van der Waals surface area contributed by atoms with Crippen molar-refractivity contribution in [3.63, 3.8) is 0 Å². The fourth-order valence-electron chi connectivity index (χ4n) is 2.03. The number of ether oxygens (including phenoxy) is 1. The van der Waals surface area contributed by atoms with Crippen molar-refractivity contribution in [2.45, 2.75) is 25.7 Å². The third kappa shape index (κ3) is 4.07. The number of carbonyl (C=O) groups is 1. The maximum atomic E-state index is 10.2. The number of rotatable bonds is 5. The monoisotopic (exact) mass is 202 g/mol. The van der Waals surface area contributed by atoms with Gasteiger partial charge in [0.2, 0.25) is 0 Å². The lowest BCUT2D eigenvalue weighted by Crippen LogP contribution is -2.23. The molecule has 0 spiro atoms. The number of aliphatic hydroxyl groups excluding tert-OH is 1. The highest BCUT2D eigenvalue weighted by Crippen LogP contribution is 2.28. The Labute approximate surface area is 83.9 Å². The van der Waals surface area contributed by atoms with Gasteiger partial charge in [0.25, 0.3) is 0 Å². The van der Waals surface area contributed by atoms with Gasteiger partial charge in [0.15, 0.2) is 0 Å². The van der Waals surface area contributed by atoms with Crippen molar-refractivity contribution in [1.29, 1.82) is 0 Å². The first-order valence-electron chi connectivity index (χ1n) is 5.12. The fraction of sp³-hybridized carbons (Fsp3) is 0.900. The molecule has 0 bridgehead atoms. The van der Waals surface area contributed by atoms with Gasteiger partial charge in [0, 0.05) is 6.61 Å². The molecule has 0 aromatic rings. The van der Waals surface area contributed by atoms with Gasteiger partial charge >= 0.3 is 5.97 Å². The summed E-state index contributed by atoms with van der Waals surface area (Å²) >= 11 is 0. The topological polar surface area (TPSA) is 66.8 Å². The highest BCUT2D eigenvalue weighted by molar-refractivity contribution is 5.67. The molecule has 14 heavy (non-hydrogen) atoms. The Kier molecular flexibility index (Phi) is 4.90. The summed E-state index contributed by atoms with van der Waals surface area (Å²) in [5.41, 5.74) is 0. The molecular weight excluding hydrogens is 184 g/mol. The van der Waals surface area contributed by atoms with E-state index in [0.29, 0.717) is 18.4 Å². The molecule has 0 aromatic heterocycles. The molecule has 1 saturated carbocycles. The number of aliphatic hydroxyl groups is 1. The van der Waals surface area contributed by atoms with Crippen LogP contribution in [0.15, 0.2) is 0 Å². The molecule has 0 radical (unpaired) electrons.